The molecule has 0 aliphatic heterocycles. The van der Waals surface area contributed by atoms with Crippen LogP contribution in [0.5, 0.6) is 0 Å². The van der Waals surface area contributed by atoms with Gasteiger partial charge in [-0.3, -0.25) is 4.68 Å². The lowest BCUT2D eigenvalue weighted by molar-refractivity contribution is 0.515. The van der Waals surface area contributed by atoms with Gasteiger partial charge in [0.05, 0.1) is 11.4 Å². The zero-order valence-corrected chi connectivity index (χ0v) is 10.3. The minimum atomic E-state index is 0.746. The number of anilines is 1. The van der Waals surface area contributed by atoms with Crippen molar-refractivity contribution < 1.29 is 0 Å². The highest BCUT2D eigenvalue weighted by Gasteiger charge is 2.19. The number of aryl methyl sites for hydroxylation is 2. The third-order valence-corrected chi connectivity index (χ3v) is 4.56. The molecular weight excluding hydrogens is 206 g/mol. The average Bonchev–Trinajstić information content (AvgIpc) is 2.47. The normalized spacial score (nSPS) is 18.3. The molecule has 1 aliphatic carbocycles. The van der Waals surface area contributed by atoms with Gasteiger partial charge in [0.25, 0.3) is 0 Å². The number of aromatic nitrogens is 2. The van der Waals surface area contributed by atoms with E-state index in [4.69, 9.17) is 5.73 Å². The Bertz CT molecular complexity index is 340. The van der Waals surface area contributed by atoms with E-state index in [0.717, 1.165) is 21.7 Å². The topological polar surface area (TPSA) is 43.8 Å². The van der Waals surface area contributed by atoms with Crippen LogP contribution >= 0.6 is 11.8 Å². The standard InChI is InChI=1S/C11H19N3S/c1-8-10(12)11(14(2)13-8)15-9-6-4-3-5-7-9/h9H,3-7,12H2,1-2H3. The number of thioether (sulfide) groups is 1. The molecule has 1 aromatic heterocycles. The summed E-state index contributed by atoms with van der Waals surface area (Å²) in [7, 11) is 1.98. The maximum absolute atomic E-state index is 6.02. The smallest absolute Gasteiger partial charge is 0.117 e. The molecule has 0 spiro atoms. The lowest BCUT2D eigenvalue weighted by atomic mass is 10.0. The van der Waals surface area contributed by atoms with Gasteiger partial charge in [0, 0.05) is 12.3 Å². The van der Waals surface area contributed by atoms with E-state index in [2.05, 4.69) is 5.10 Å². The van der Waals surface area contributed by atoms with Crippen LogP contribution in [-0.2, 0) is 7.05 Å². The molecule has 3 nitrogen and oxygen atoms in total. The van der Waals surface area contributed by atoms with Crippen LogP contribution in [0, 0.1) is 6.92 Å². The highest BCUT2D eigenvalue weighted by atomic mass is 32.2. The Morgan fingerprint density at radius 1 is 1.33 bits per heavy atom. The molecule has 0 bridgehead atoms. The van der Waals surface area contributed by atoms with Gasteiger partial charge in [0.2, 0.25) is 0 Å². The van der Waals surface area contributed by atoms with Crippen molar-refractivity contribution in [2.75, 3.05) is 5.73 Å². The zero-order chi connectivity index (χ0) is 10.8. The lowest BCUT2D eigenvalue weighted by Gasteiger charge is -2.20. The maximum Gasteiger partial charge on any atom is 0.117 e. The van der Waals surface area contributed by atoms with Crippen molar-refractivity contribution in [2.24, 2.45) is 7.05 Å². The van der Waals surface area contributed by atoms with Crippen molar-refractivity contribution in [1.29, 1.82) is 0 Å². The third-order valence-electron chi connectivity index (χ3n) is 3.04. The van der Waals surface area contributed by atoms with Gasteiger partial charge in [-0.05, 0) is 19.8 Å². The highest BCUT2D eigenvalue weighted by molar-refractivity contribution is 8.00. The van der Waals surface area contributed by atoms with Gasteiger partial charge in [-0.1, -0.05) is 19.3 Å². The first-order valence-corrected chi connectivity index (χ1v) is 6.52. The van der Waals surface area contributed by atoms with Crippen LogP contribution in [-0.4, -0.2) is 15.0 Å². The summed E-state index contributed by atoms with van der Waals surface area (Å²) in [6.07, 6.45) is 6.79. The molecule has 1 aromatic rings. The number of nitrogens with two attached hydrogens (primary N) is 1. The Kier molecular flexibility index (Phi) is 3.24. The fraction of sp³-hybridized carbons (Fsp3) is 0.727. The number of rotatable bonds is 2. The summed E-state index contributed by atoms with van der Waals surface area (Å²) in [4.78, 5) is 0. The van der Waals surface area contributed by atoms with Crippen LogP contribution in [0.4, 0.5) is 5.69 Å². The van der Waals surface area contributed by atoms with E-state index in [-0.39, 0.29) is 0 Å². The van der Waals surface area contributed by atoms with Gasteiger partial charge in [0.1, 0.15) is 5.03 Å². The average molecular weight is 225 g/mol. The minimum absolute atomic E-state index is 0.746. The maximum atomic E-state index is 6.02. The summed E-state index contributed by atoms with van der Waals surface area (Å²) >= 11 is 1.91. The van der Waals surface area contributed by atoms with Crippen LogP contribution in [0.15, 0.2) is 5.03 Å². The quantitative estimate of drug-likeness (QED) is 0.841. The Hall–Kier alpha value is -0.640. The van der Waals surface area contributed by atoms with E-state index in [1.807, 2.05) is 30.4 Å². The monoisotopic (exact) mass is 225 g/mol. The van der Waals surface area contributed by atoms with Crippen LogP contribution in [0.3, 0.4) is 0 Å². The van der Waals surface area contributed by atoms with E-state index < -0.39 is 0 Å². The molecule has 1 heterocycles. The molecule has 0 atom stereocenters. The summed E-state index contributed by atoms with van der Waals surface area (Å²) in [6.45, 7) is 1.97. The first-order valence-electron chi connectivity index (χ1n) is 5.64. The van der Waals surface area contributed by atoms with Crippen molar-refractivity contribution >= 4 is 17.4 Å². The van der Waals surface area contributed by atoms with Gasteiger partial charge < -0.3 is 5.73 Å². The predicted octanol–water partition coefficient (Wildman–Crippen LogP) is 2.74. The van der Waals surface area contributed by atoms with E-state index in [1.54, 1.807) is 0 Å². The van der Waals surface area contributed by atoms with E-state index in [9.17, 15) is 0 Å². The molecule has 1 aliphatic rings. The van der Waals surface area contributed by atoms with Crippen LogP contribution in [0.2, 0.25) is 0 Å². The van der Waals surface area contributed by atoms with Crippen molar-refractivity contribution in [1.82, 2.24) is 9.78 Å². The molecule has 0 saturated heterocycles. The Balaban J connectivity index is 2.09. The zero-order valence-electron chi connectivity index (χ0n) is 9.49. The number of hydrogen-bond acceptors (Lipinski definition) is 3. The summed E-state index contributed by atoms with van der Waals surface area (Å²) < 4.78 is 1.92. The van der Waals surface area contributed by atoms with Crippen molar-refractivity contribution in [2.45, 2.75) is 49.3 Å². The number of nitrogens with zero attached hydrogens (tertiary/aromatic N) is 2. The molecule has 0 amide bonds. The first-order chi connectivity index (χ1) is 7.18. The van der Waals surface area contributed by atoms with Crippen LogP contribution in [0.25, 0.3) is 0 Å². The Labute approximate surface area is 95.4 Å². The molecule has 2 N–H and O–H groups in total. The van der Waals surface area contributed by atoms with Gasteiger partial charge in [0.15, 0.2) is 0 Å². The second-order valence-electron chi connectivity index (χ2n) is 4.31. The summed E-state index contributed by atoms with van der Waals surface area (Å²) in [6, 6.07) is 0. The highest BCUT2D eigenvalue weighted by Crippen LogP contribution is 2.36. The van der Waals surface area contributed by atoms with Gasteiger partial charge in [-0.15, -0.1) is 11.8 Å². The van der Waals surface area contributed by atoms with Gasteiger partial charge in [-0.2, -0.15) is 5.10 Å². The molecule has 1 saturated carbocycles. The number of nitrogen functional groups attached to an aromatic ring is 1. The Morgan fingerprint density at radius 3 is 2.53 bits per heavy atom. The first kappa shape index (κ1) is 10.9. The molecule has 15 heavy (non-hydrogen) atoms. The van der Waals surface area contributed by atoms with Crippen molar-refractivity contribution in [3.05, 3.63) is 5.69 Å². The second kappa shape index (κ2) is 4.47. The largest absolute Gasteiger partial charge is 0.395 e. The minimum Gasteiger partial charge on any atom is -0.395 e. The Morgan fingerprint density at radius 2 is 2.00 bits per heavy atom. The second-order valence-corrected chi connectivity index (χ2v) is 5.59. The molecule has 0 unspecified atom stereocenters. The van der Waals surface area contributed by atoms with E-state index >= 15 is 0 Å². The van der Waals surface area contributed by atoms with Crippen molar-refractivity contribution in [3.63, 3.8) is 0 Å². The third kappa shape index (κ3) is 2.30. The molecule has 4 heteroatoms. The van der Waals surface area contributed by atoms with Gasteiger partial charge >= 0.3 is 0 Å². The molecule has 84 valence electrons. The van der Waals surface area contributed by atoms with Crippen LogP contribution in [0.1, 0.15) is 37.8 Å². The molecule has 0 aromatic carbocycles. The van der Waals surface area contributed by atoms with E-state index in [1.165, 1.54) is 32.1 Å². The molecular formula is C11H19N3S. The van der Waals surface area contributed by atoms with Crippen molar-refractivity contribution in [3.8, 4) is 0 Å². The van der Waals surface area contributed by atoms with Crippen LogP contribution < -0.4 is 5.73 Å². The summed E-state index contributed by atoms with van der Waals surface area (Å²) in [5.74, 6) is 0. The lowest BCUT2D eigenvalue weighted by Crippen LogP contribution is -2.09. The fourth-order valence-electron chi connectivity index (χ4n) is 2.13. The molecule has 0 radical (unpaired) electrons. The summed E-state index contributed by atoms with van der Waals surface area (Å²) in [5.41, 5.74) is 7.84. The predicted molar refractivity (Wildman–Crippen MR) is 65.1 cm³/mol. The fourth-order valence-corrected chi connectivity index (χ4v) is 3.49. The number of hydrogen-bond donors (Lipinski definition) is 1. The SMILES string of the molecule is Cc1nn(C)c(SC2CCCCC2)c1N. The van der Waals surface area contributed by atoms with Gasteiger partial charge in [-0.25, -0.2) is 0 Å². The van der Waals surface area contributed by atoms with E-state index in [0.29, 0.717) is 0 Å². The molecule has 1 fully saturated rings. The molecule has 2 rings (SSSR count). The summed E-state index contributed by atoms with van der Waals surface area (Å²) in [5, 5.41) is 6.25.